The van der Waals surface area contributed by atoms with Gasteiger partial charge in [0.15, 0.2) is 0 Å². The molecule has 0 heterocycles. The molecule has 0 saturated carbocycles. The monoisotopic (exact) mass is 372 g/mol. The van der Waals surface area contributed by atoms with Crippen molar-refractivity contribution in [2.45, 2.75) is 45.4 Å². The van der Waals surface area contributed by atoms with Gasteiger partial charge in [-0.15, -0.1) is 11.6 Å². The maximum atomic E-state index is 12.1. The van der Waals surface area contributed by atoms with Crippen molar-refractivity contribution >= 4 is 29.4 Å². The van der Waals surface area contributed by atoms with E-state index in [0.29, 0.717) is 0 Å². The normalized spacial score (nSPS) is 13.5. The molecular weight excluding hydrogens is 352 g/mol. The first-order valence-electron chi connectivity index (χ1n) is 7.54. The maximum Gasteiger partial charge on any atom is 0.407 e. The third kappa shape index (κ3) is 6.96. The molecule has 9 heteroatoms. The molecule has 0 aromatic heterocycles. The predicted molar refractivity (Wildman–Crippen MR) is 91.9 cm³/mol. The number of carbonyl (C=O) groups is 2. The zero-order valence-electron chi connectivity index (χ0n) is 14.4. The van der Waals surface area contributed by atoms with Crippen LogP contribution in [0.1, 0.15) is 38.1 Å². The van der Waals surface area contributed by atoms with Crippen LogP contribution in [0.4, 0.5) is 10.5 Å². The summed E-state index contributed by atoms with van der Waals surface area (Å²) in [5.74, 6) is -0.742. The number of halogens is 1. The third-order valence-corrected chi connectivity index (χ3v) is 3.33. The van der Waals surface area contributed by atoms with Gasteiger partial charge in [-0.3, -0.25) is 10.1 Å². The first-order chi connectivity index (χ1) is 11.5. The van der Waals surface area contributed by atoms with E-state index in [1.807, 2.05) is 0 Å². The summed E-state index contributed by atoms with van der Waals surface area (Å²) in [7, 11) is 0. The highest BCUT2D eigenvalue weighted by Crippen LogP contribution is 2.15. The van der Waals surface area contributed by atoms with Crippen LogP contribution < -0.4 is 5.32 Å². The van der Waals surface area contributed by atoms with E-state index >= 15 is 0 Å². The van der Waals surface area contributed by atoms with Gasteiger partial charge < -0.3 is 14.8 Å². The summed E-state index contributed by atoms with van der Waals surface area (Å²) in [6.07, 6.45) is -1.45. The second-order valence-corrected chi connectivity index (χ2v) is 6.65. The Labute approximate surface area is 150 Å². The number of carbonyl (C=O) groups excluding carboxylic acids is 2. The summed E-state index contributed by atoms with van der Waals surface area (Å²) < 4.78 is 10.4. The van der Waals surface area contributed by atoms with Crippen LogP contribution in [0.2, 0.25) is 0 Å². The van der Waals surface area contributed by atoms with E-state index in [-0.39, 0.29) is 17.1 Å². The van der Waals surface area contributed by atoms with Gasteiger partial charge in [0.05, 0.1) is 22.4 Å². The Balaban J connectivity index is 2.68. The Morgan fingerprint density at radius 1 is 1.28 bits per heavy atom. The van der Waals surface area contributed by atoms with Gasteiger partial charge >= 0.3 is 12.1 Å². The number of alkyl halides is 1. The van der Waals surface area contributed by atoms with Crippen molar-refractivity contribution in [1.82, 2.24) is 5.32 Å². The molecule has 138 valence electrons. The Morgan fingerprint density at radius 2 is 1.84 bits per heavy atom. The zero-order valence-corrected chi connectivity index (χ0v) is 15.2. The first kappa shape index (κ1) is 20.7. The number of hydrogen-bond donors (Lipinski definition) is 1. The van der Waals surface area contributed by atoms with Gasteiger partial charge in [-0.1, -0.05) is 0 Å². The molecule has 1 amide bonds. The number of hydrogen-bond acceptors (Lipinski definition) is 6. The van der Waals surface area contributed by atoms with E-state index in [4.69, 9.17) is 21.1 Å². The fourth-order valence-electron chi connectivity index (χ4n) is 1.78. The molecule has 1 aromatic carbocycles. The first-order valence-corrected chi connectivity index (χ1v) is 8.08. The fraction of sp³-hybridized carbons (Fsp3) is 0.500. The Hall–Kier alpha value is -2.35. The summed E-state index contributed by atoms with van der Waals surface area (Å²) in [5, 5.41) is 13.2. The number of rotatable bonds is 6. The second-order valence-electron chi connectivity index (χ2n) is 6.34. The van der Waals surface area contributed by atoms with Crippen molar-refractivity contribution in [2.24, 2.45) is 0 Å². The molecule has 0 aliphatic rings. The van der Waals surface area contributed by atoms with Crippen molar-refractivity contribution in [2.75, 3.05) is 5.88 Å². The molecule has 0 spiro atoms. The van der Waals surface area contributed by atoms with Gasteiger partial charge in [0.1, 0.15) is 11.7 Å². The van der Waals surface area contributed by atoms with E-state index < -0.39 is 34.7 Å². The van der Waals surface area contributed by atoms with Gasteiger partial charge in [-0.05, 0) is 39.8 Å². The van der Waals surface area contributed by atoms with Gasteiger partial charge in [-0.2, -0.15) is 0 Å². The second kappa shape index (κ2) is 8.66. The Bertz CT molecular complexity index is 627. The number of benzene rings is 1. The highest BCUT2D eigenvalue weighted by molar-refractivity contribution is 6.18. The molecule has 0 unspecified atom stereocenters. The molecule has 1 N–H and O–H groups in total. The van der Waals surface area contributed by atoms with Crippen molar-refractivity contribution in [1.29, 1.82) is 0 Å². The zero-order chi connectivity index (χ0) is 19.2. The van der Waals surface area contributed by atoms with Gasteiger partial charge in [0.2, 0.25) is 0 Å². The molecule has 0 aliphatic heterocycles. The standard InChI is InChI=1S/C16H21ClN2O6/c1-10(18-15(21)25-16(2,3)4)13(9-17)24-14(20)11-5-7-12(8-6-11)19(22)23/h5-8,10,13H,9H2,1-4H3,(H,18,21)/t10-,13-/m0/s1. The lowest BCUT2D eigenvalue weighted by atomic mass is 10.2. The summed E-state index contributed by atoms with van der Waals surface area (Å²) in [6, 6.07) is 4.40. The van der Waals surface area contributed by atoms with E-state index in [0.717, 1.165) is 0 Å². The maximum absolute atomic E-state index is 12.1. The lowest BCUT2D eigenvalue weighted by Crippen LogP contribution is -2.46. The van der Waals surface area contributed by atoms with E-state index in [9.17, 15) is 19.7 Å². The molecule has 8 nitrogen and oxygen atoms in total. The fourth-order valence-corrected chi connectivity index (χ4v) is 2.11. The minimum Gasteiger partial charge on any atom is -0.455 e. The smallest absolute Gasteiger partial charge is 0.407 e. The van der Waals surface area contributed by atoms with Crippen LogP contribution in [0.25, 0.3) is 0 Å². The largest absolute Gasteiger partial charge is 0.455 e. The summed E-state index contributed by atoms with van der Waals surface area (Å²) >= 11 is 5.82. The summed E-state index contributed by atoms with van der Waals surface area (Å²) in [6.45, 7) is 6.81. The van der Waals surface area contributed by atoms with Crippen LogP contribution in [0, 0.1) is 10.1 Å². The molecule has 1 aromatic rings. The lowest BCUT2D eigenvalue weighted by Gasteiger charge is -2.25. The number of nitrogens with zero attached hydrogens (tertiary/aromatic N) is 1. The number of esters is 1. The Kier molecular flexibility index (Phi) is 7.17. The van der Waals surface area contributed by atoms with Crippen molar-refractivity contribution in [3.05, 3.63) is 39.9 Å². The Morgan fingerprint density at radius 3 is 2.28 bits per heavy atom. The van der Waals surface area contributed by atoms with Crippen molar-refractivity contribution in [3.63, 3.8) is 0 Å². The number of alkyl carbamates (subject to hydrolysis) is 1. The van der Waals surface area contributed by atoms with Crippen LogP contribution in [-0.4, -0.2) is 40.6 Å². The molecular formula is C16H21ClN2O6. The number of nitro benzene ring substituents is 1. The SMILES string of the molecule is C[C@H](NC(=O)OC(C)(C)C)[C@H](CCl)OC(=O)c1ccc([N+](=O)[O-])cc1. The molecule has 25 heavy (non-hydrogen) atoms. The molecule has 2 atom stereocenters. The number of ether oxygens (including phenoxy) is 2. The quantitative estimate of drug-likeness (QED) is 0.355. The van der Waals surface area contributed by atoms with Crippen LogP contribution in [0.3, 0.4) is 0 Å². The van der Waals surface area contributed by atoms with E-state index in [1.165, 1.54) is 24.3 Å². The molecule has 1 rings (SSSR count). The highest BCUT2D eigenvalue weighted by atomic mass is 35.5. The molecule has 0 saturated heterocycles. The van der Waals surface area contributed by atoms with Crippen LogP contribution in [0.15, 0.2) is 24.3 Å². The number of amides is 1. The van der Waals surface area contributed by atoms with Gasteiger partial charge in [0, 0.05) is 12.1 Å². The van der Waals surface area contributed by atoms with E-state index in [1.54, 1.807) is 27.7 Å². The van der Waals surface area contributed by atoms with Gasteiger partial charge in [0.25, 0.3) is 5.69 Å². The molecule has 0 aliphatic carbocycles. The molecule has 0 radical (unpaired) electrons. The van der Waals surface area contributed by atoms with Crippen LogP contribution in [0.5, 0.6) is 0 Å². The third-order valence-electron chi connectivity index (χ3n) is 3.03. The number of nitrogens with one attached hydrogen (secondary N) is 1. The summed E-state index contributed by atoms with van der Waals surface area (Å²) in [4.78, 5) is 33.9. The van der Waals surface area contributed by atoms with Crippen LogP contribution >= 0.6 is 11.6 Å². The predicted octanol–water partition coefficient (Wildman–Crippen LogP) is 3.27. The minimum atomic E-state index is -0.795. The van der Waals surface area contributed by atoms with Crippen molar-refractivity contribution < 1.29 is 24.0 Å². The highest BCUT2D eigenvalue weighted by Gasteiger charge is 2.25. The summed E-state index contributed by atoms with van der Waals surface area (Å²) in [5.41, 5.74) is -0.647. The van der Waals surface area contributed by atoms with E-state index in [2.05, 4.69) is 5.32 Å². The number of non-ortho nitro benzene ring substituents is 1. The lowest BCUT2D eigenvalue weighted by molar-refractivity contribution is -0.384. The van der Waals surface area contributed by atoms with Gasteiger partial charge in [-0.25, -0.2) is 9.59 Å². The van der Waals surface area contributed by atoms with Crippen molar-refractivity contribution in [3.8, 4) is 0 Å². The average Bonchev–Trinajstić information content (AvgIpc) is 2.50. The molecule has 0 bridgehead atoms. The molecule has 0 fully saturated rings. The average molecular weight is 373 g/mol. The minimum absolute atomic E-state index is 0.0459. The number of nitro groups is 1. The topological polar surface area (TPSA) is 108 Å². The van der Waals surface area contributed by atoms with Crippen LogP contribution in [-0.2, 0) is 9.47 Å².